The van der Waals surface area contributed by atoms with E-state index in [0.29, 0.717) is 4.90 Å². The number of amides is 2. The zero-order valence-corrected chi connectivity index (χ0v) is 22.3. The molecule has 0 spiro atoms. The van der Waals surface area contributed by atoms with Crippen LogP contribution in [0.5, 0.6) is 0 Å². The van der Waals surface area contributed by atoms with Crippen molar-refractivity contribution < 1.29 is 53.5 Å². The lowest BCUT2D eigenvalue weighted by atomic mass is 10.0. The molecule has 1 aromatic carbocycles. The molecule has 1 aliphatic heterocycles. The summed E-state index contributed by atoms with van der Waals surface area (Å²) in [5.74, 6) is -7.15. The lowest BCUT2D eigenvalue weighted by Gasteiger charge is -2.25. The molecule has 0 bridgehead atoms. The number of nitrogens with one attached hydrogen (secondary N) is 1. The minimum atomic E-state index is -5.78. The Hall–Kier alpha value is -3.83. The summed E-state index contributed by atoms with van der Waals surface area (Å²) in [6, 6.07) is 1.58. The summed E-state index contributed by atoms with van der Waals surface area (Å²) in [5.41, 5.74) is 3.59. The lowest BCUT2D eigenvalue weighted by molar-refractivity contribution is -0.284. The Kier molecular flexibility index (Phi) is 8.23. The van der Waals surface area contributed by atoms with Crippen LogP contribution in [-0.2, 0) is 11.0 Å². The van der Waals surface area contributed by atoms with E-state index in [9.17, 15) is 53.5 Å². The van der Waals surface area contributed by atoms with Crippen LogP contribution >= 0.6 is 11.6 Å². The number of nitrogen functional groups attached to an aromatic ring is 1. The first kappa shape index (κ1) is 32.1. The molecule has 1 saturated heterocycles. The number of carbonyl (C=O) groups excluding carboxylic acids is 2. The largest absolute Gasteiger partial charge is 0.418 e. The number of halogens is 11. The van der Waals surface area contributed by atoms with Crippen LogP contribution < -0.4 is 11.1 Å². The lowest BCUT2D eigenvalue weighted by Crippen LogP contribution is -2.43. The van der Waals surface area contributed by atoms with E-state index in [1.165, 1.54) is 13.0 Å². The Labute approximate surface area is 239 Å². The standard InChI is InChI=1S/C24H19ClF10N6O2/c1-9-2-10(15-4-12(22(27,28)29)19-20(36)37-8-38-41(15)19)3-11(18(9)25)21(43)39-14-7-40(6-13(14)26)17(42)5-16(23(30,31)32)24(33,34)35/h2-4,8,13-14,16H,5-7H2,1H3,(H,39,43)(H2,36,37,38)/t13-,14+/m0/s1. The SMILES string of the molecule is Cc1cc(-c2cc(C(F)(F)F)c3c(N)ncnn23)cc(C(=O)N[C@@H]2CN(C(=O)CC(C(F)(F)F)C(F)(F)F)C[C@@H]2F)c1Cl. The van der Waals surface area contributed by atoms with E-state index < -0.39 is 84.9 Å². The Balaban J connectivity index is 1.60. The fraction of sp³-hybridized carbons (Fsp3) is 0.417. The summed E-state index contributed by atoms with van der Waals surface area (Å²) in [5, 5.41) is 5.82. The average Bonchev–Trinajstić information content (AvgIpc) is 3.44. The van der Waals surface area contributed by atoms with Crippen molar-refractivity contribution in [3.63, 3.8) is 0 Å². The number of benzene rings is 1. The number of hydrogen-bond acceptors (Lipinski definition) is 5. The Morgan fingerprint density at radius 3 is 2.28 bits per heavy atom. The summed E-state index contributed by atoms with van der Waals surface area (Å²) in [7, 11) is 0. The van der Waals surface area contributed by atoms with Gasteiger partial charge in [0.2, 0.25) is 5.91 Å². The van der Waals surface area contributed by atoms with Gasteiger partial charge in [0.15, 0.2) is 11.7 Å². The van der Waals surface area contributed by atoms with Crippen molar-refractivity contribution in [1.82, 2.24) is 24.8 Å². The number of anilines is 1. The third-order valence-corrected chi connectivity index (χ3v) is 7.27. The molecule has 0 aliphatic carbocycles. The molecule has 2 atom stereocenters. The average molecular weight is 649 g/mol. The van der Waals surface area contributed by atoms with Crippen LogP contribution in [0.3, 0.4) is 0 Å². The van der Waals surface area contributed by atoms with Gasteiger partial charge in [0.05, 0.1) is 34.4 Å². The third-order valence-electron chi connectivity index (χ3n) is 6.77. The molecule has 1 aliphatic rings. The number of nitrogens with zero attached hydrogens (tertiary/aromatic N) is 4. The number of nitrogens with two attached hydrogens (primary N) is 1. The predicted octanol–water partition coefficient (Wildman–Crippen LogP) is 5.37. The molecule has 2 amide bonds. The minimum absolute atomic E-state index is 0.000942. The van der Waals surface area contributed by atoms with Crippen molar-refractivity contribution in [3.05, 3.63) is 46.2 Å². The van der Waals surface area contributed by atoms with Gasteiger partial charge in [-0.2, -0.15) is 44.6 Å². The first-order valence-corrected chi connectivity index (χ1v) is 12.4. The van der Waals surface area contributed by atoms with Crippen molar-refractivity contribution in [2.24, 2.45) is 5.92 Å². The van der Waals surface area contributed by atoms with Crippen molar-refractivity contribution in [2.75, 3.05) is 18.8 Å². The Morgan fingerprint density at radius 1 is 1.07 bits per heavy atom. The van der Waals surface area contributed by atoms with Gasteiger partial charge >= 0.3 is 18.5 Å². The maximum absolute atomic E-state index is 14.7. The molecule has 0 unspecified atom stereocenters. The quantitative estimate of drug-likeness (QED) is 0.362. The second kappa shape index (κ2) is 11.0. The van der Waals surface area contributed by atoms with Crippen molar-refractivity contribution >= 4 is 34.7 Å². The second-order valence-corrected chi connectivity index (χ2v) is 10.1. The van der Waals surface area contributed by atoms with Crippen molar-refractivity contribution in [1.29, 1.82) is 0 Å². The summed E-state index contributed by atoms with van der Waals surface area (Å²) < 4.78 is 134. The summed E-state index contributed by atoms with van der Waals surface area (Å²) in [6.45, 7) is -0.229. The molecule has 19 heteroatoms. The minimum Gasteiger partial charge on any atom is -0.382 e. The highest BCUT2D eigenvalue weighted by molar-refractivity contribution is 6.34. The number of carbonyl (C=O) groups is 2. The van der Waals surface area contributed by atoms with Gasteiger partial charge in [0, 0.05) is 18.5 Å². The van der Waals surface area contributed by atoms with E-state index in [2.05, 4.69) is 15.4 Å². The second-order valence-electron chi connectivity index (χ2n) is 9.74. The predicted molar refractivity (Wildman–Crippen MR) is 131 cm³/mol. The number of alkyl halides is 10. The van der Waals surface area contributed by atoms with Crippen molar-refractivity contribution in [3.8, 4) is 11.3 Å². The third kappa shape index (κ3) is 6.42. The maximum atomic E-state index is 14.7. The highest BCUT2D eigenvalue weighted by Crippen LogP contribution is 2.42. The van der Waals surface area contributed by atoms with Gasteiger partial charge in [0.25, 0.3) is 5.91 Å². The number of likely N-dealkylation sites (tertiary alicyclic amines) is 1. The van der Waals surface area contributed by atoms with E-state index >= 15 is 0 Å². The molecular weight excluding hydrogens is 630 g/mol. The van der Waals surface area contributed by atoms with Gasteiger partial charge in [-0.1, -0.05) is 11.6 Å². The summed E-state index contributed by atoms with van der Waals surface area (Å²) in [6.07, 6.45) is -19.6. The van der Waals surface area contributed by atoms with Gasteiger partial charge in [-0.05, 0) is 30.7 Å². The van der Waals surface area contributed by atoms with E-state index in [1.807, 2.05) is 0 Å². The van der Waals surface area contributed by atoms with E-state index in [-0.39, 0.29) is 27.4 Å². The highest BCUT2D eigenvalue weighted by atomic mass is 35.5. The van der Waals surface area contributed by atoms with Crippen molar-refractivity contribution in [2.45, 2.75) is 44.1 Å². The maximum Gasteiger partial charge on any atom is 0.418 e. The van der Waals surface area contributed by atoms with E-state index in [0.717, 1.165) is 23.0 Å². The molecule has 3 heterocycles. The molecule has 0 saturated carbocycles. The first-order chi connectivity index (χ1) is 19.7. The number of fused-ring (bicyclic) bond motifs is 1. The fourth-order valence-electron chi connectivity index (χ4n) is 4.64. The number of rotatable bonds is 5. The molecule has 4 rings (SSSR count). The Morgan fingerprint density at radius 2 is 1.70 bits per heavy atom. The smallest absolute Gasteiger partial charge is 0.382 e. The number of aryl methyl sites for hydroxylation is 1. The summed E-state index contributed by atoms with van der Waals surface area (Å²) in [4.78, 5) is 29.3. The highest BCUT2D eigenvalue weighted by Gasteiger charge is 2.57. The molecule has 3 aromatic rings. The molecule has 3 N–H and O–H groups in total. The van der Waals surface area contributed by atoms with Crippen LogP contribution in [0.1, 0.15) is 27.9 Å². The number of hydrogen-bond donors (Lipinski definition) is 2. The molecule has 8 nitrogen and oxygen atoms in total. The van der Waals surface area contributed by atoms with Gasteiger partial charge in [0.1, 0.15) is 18.0 Å². The van der Waals surface area contributed by atoms with Crippen LogP contribution in [0.25, 0.3) is 16.8 Å². The normalized spacial score (nSPS) is 18.1. The molecule has 0 radical (unpaired) electrons. The van der Waals surface area contributed by atoms with Crippen LogP contribution in [-0.4, -0.2) is 69.0 Å². The zero-order valence-electron chi connectivity index (χ0n) is 21.5. The van der Waals surface area contributed by atoms with Crippen LogP contribution in [0.4, 0.5) is 49.7 Å². The van der Waals surface area contributed by atoms with Gasteiger partial charge in [-0.15, -0.1) is 0 Å². The monoisotopic (exact) mass is 648 g/mol. The zero-order chi connectivity index (χ0) is 32.2. The van der Waals surface area contributed by atoms with E-state index in [1.54, 1.807) is 0 Å². The van der Waals surface area contributed by atoms with Crippen LogP contribution in [0, 0.1) is 12.8 Å². The fourth-order valence-corrected chi connectivity index (χ4v) is 4.84. The van der Waals surface area contributed by atoms with Gasteiger partial charge < -0.3 is 16.0 Å². The molecule has 43 heavy (non-hydrogen) atoms. The molecule has 234 valence electrons. The van der Waals surface area contributed by atoms with Gasteiger partial charge in [-0.3, -0.25) is 9.59 Å². The van der Waals surface area contributed by atoms with E-state index in [4.69, 9.17) is 17.3 Å². The van der Waals surface area contributed by atoms with Crippen LogP contribution in [0.2, 0.25) is 5.02 Å². The number of aromatic nitrogens is 3. The molecular formula is C24H19ClF10N6O2. The first-order valence-electron chi connectivity index (χ1n) is 12.1. The van der Waals surface area contributed by atoms with Crippen LogP contribution in [0.15, 0.2) is 24.5 Å². The Bertz CT molecular complexity index is 1560. The molecule has 1 fully saturated rings. The molecule has 2 aromatic heterocycles. The van der Waals surface area contributed by atoms with Gasteiger partial charge in [-0.25, -0.2) is 13.9 Å². The topological polar surface area (TPSA) is 106 Å². The summed E-state index contributed by atoms with van der Waals surface area (Å²) >= 11 is 6.25.